The minimum atomic E-state index is -0.481. The first-order valence-electron chi connectivity index (χ1n) is 9.06. The molecule has 1 N–H and O–H groups in total. The lowest BCUT2D eigenvalue weighted by atomic mass is 10.1. The lowest BCUT2D eigenvalue weighted by Gasteiger charge is -2.08. The number of aromatic nitrogens is 2. The predicted octanol–water partition coefficient (Wildman–Crippen LogP) is 3.58. The topological polar surface area (TPSA) is 79.8 Å². The van der Waals surface area contributed by atoms with Gasteiger partial charge in [-0.3, -0.25) is 13.9 Å². The Bertz CT molecular complexity index is 1390. The van der Waals surface area contributed by atoms with E-state index in [1.54, 1.807) is 42.9 Å². The summed E-state index contributed by atoms with van der Waals surface area (Å²) in [6, 6.07) is 20.7. The molecule has 1 heterocycles. The second kappa shape index (κ2) is 7.13. The summed E-state index contributed by atoms with van der Waals surface area (Å²) in [7, 11) is 3.40. The molecular formula is C23H18N4O2. The minimum Gasteiger partial charge on any atom is -0.321 e. The highest BCUT2D eigenvalue weighted by molar-refractivity contribution is 6.13. The zero-order valence-corrected chi connectivity index (χ0v) is 16.0. The zero-order chi connectivity index (χ0) is 20.5. The normalized spacial score (nSPS) is 11.6. The van der Waals surface area contributed by atoms with Gasteiger partial charge in [0.25, 0.3) is 5.91 Å². The maximum Gasteiger partial charge on any atom is 0.328 e. The summed E-state index contributed by atoms with van der Waals surface area (Å²) in [5.74, 6) is -0.481. The molecule has 0 saturated carbocycles. The van der Waals surface area contributed by atoms with Crippen LogP contribution < -0.4 is 11.0 Å². The van der Waals surface area contributed by atoms with Gasteiger partial charge in [-0.15, -0.1) is 0 Å². The van der Waals surface area contributed by atoms with Crippen LogP contribution in [0.15, 0.2) is 71.0 Å². The third kappa shape index (κ3) is 3.19. The van der Waals surface area contributed by atoms with Crippen molar-refractivity contribution in [3.8, 4) is 6.07 Å². The first-order chi connectivity index (χ1) is 14.0. The molecule has 0 radical (unpaired) electrons. The molecule has 0 saturated heterocycles. The quantitative estimate of drug-likeness (QED) is 0.434. The third-order valence-corrected chi connectivity index (χ3v) is 5.01. The molecule has 3 aromatic carbocycles. The average molecular weight is 382 g/mol. The molecule has 29 heavy (non-hydrogen) atoms. The summed E-state index contributed by atoms with van der Waals surface area (Å²) in [6.07, 6.45) is 1.53. The SMILES string of the molecule is Cn1c(=O)n(C)c2cc(/C=C(\C#N)C(=O)Nc3cccc4ccccc34)ccc21. The van der Waals surface area contributed by atoms with Crippen molar-refractivity contribution in [3.05, 3.63) is 82.3 Å². The van der Waals surface area contributed by atoms with Crippen LogP contribution in [-0.2, 0) is 18.9 Å². The monoisotopic (exact) mass is 382 g/mol. The highest BCUT2D eigenvalue weighted by atomic mass is 16.2. The van der Waals surface area contributed by atoms with Crippen molar-refractivity contribution in [1.29, 1.82) is 5.26 Å². The van der Waals surface area contributed by atoms with Gasteiger partial charge in [0.1, 0.15) is 11.6 Å². The van der Waals surface area contributed by atoms with Gasteiger partial charge in [-0.25, -0.2) is 4.79 Å². The Balaban J connectivity index is 1.70. The number of fused-ring (bicyclic) bond motifs is 2. The van der Waals surface area contributed by atoms with Crippen molar-refractivity contribution in [2.45, 2.75) is 0 Å². The Morgan fingerprint density at radius 3 is 2.52 bits per heavy atom. The van der Waals surface area contributed by atoms with Gasteiger partial charge in [0.15, 0.2) is 0 Å². The zero-order valence-electron chi connectivity index (χ0n) is 16.0. The van der Waals surface area contributed by atoms with Crippen LogP contribution in [-0.4, -0.2) is 15.0 Å². The van der Waals surface area contributed by atoms with Crippen molar-refractivity contribution in [3.63, 3.8) is 0 Å². The maximum atomic E-state index is 12.7. The number of amides is 1. The van der Waals surface area contributed by atoms with E-state index in [1.807, 2.05) is 42.5 Å². The van der Waals surface area contributed by atoms with Crippen molar-refractivity contribution in [1.82, 2.24) is 9.13 Å². The van der Waals surface area contributed by atoms with Gasteiger partial charge in [0.2, 0.25) is 0 Å². The molecule has 4 rings (SSSR count). The van der Waals surface area contributed by atoms with Crippen LogP contribution in [0.25, 0.3) is 27.9 Å². The maximum absolute atomic E-state index is 12.7. The molecule has 0 aliphatic carbocycles. The molecule has 0 bridgehead atoms. The summed E-state index contributed by atoms with van der Waals surface area (Å²) in [5.41, 5.74) is 2.69. The van der Waals surface area contributed by atoms with Crippen LogP contribution in [0.3, 0.4) is 0 Å². The number of nitriles is 1. The highest BCUT2D eigenvalue weighted by Gasteiger charge is 2.13. The Labute approximate surface area is 166 Å². The van der Waals surface area contributed by atoms with Crippen molar-refractivity contribution in [2.24, 2.45) is 14.1 Å². The van der Waals surface area contributed by atoms with Gasteiger partial charge in [-0.1, -0.05) is 42.5 Å². The highest BCUT2D eigenvalue weighted by Crippen LogP contribution is 2.24. The second-order valence-electron chi connectivity index (χ2n) is 6.80. The van der Waals surface area contributed by atoms with Gasteiger partial charge < -0.3 is 5.32 Å². The summed E-state index contributed by atoms with van der Waals surface area (Å²) >= 11 is 0. The van der Waals surface area contributed by atoms with Crippen LogP contribution in [0.5, 0.6) is 0 Å². The lowest BCUT2D eigenvalue weighted by molar-refractivity contribution is -0.112. The van der Waals surface area contributed by atoms with Crippen LogP contribution in [0.1, 0.15) is 5.56 Å². The first-order valence-corrected chi connectivity index (χ1v) is 9.06. The fourth-order valence-electron chi connectivity index (χ4n) is 3.45. The molecule has 0 aliphatic heterocycles. The van der Waals surface area contributed by atoms with Crippen LogP contribution >= 0.6 is 0 Å². The van der Waals surface area contributed by atoms with Crippen LogP contribution in [0.2, 0.25) is 0 Å². The number of rotatable bonds is 3. The van der Waals surface area contributed by atoms with E-state index in [9.17, 15) is 14.9 Å². The minimum absolute atomic E-state index is 0.0155. The van der Waals surface area contributed by atoms with E-state index in [-0.39, 0.29) is 11.3 Å². The fourth-order valence-corrected chi connectivity index (χ4v) is 3.45. The molecule has 0 spiro atoms. The Morgan fingerprint density at radius 1 is 1.00 bits per heavy atom. The van der Waals surface area contributed by atoms with E-state index in [2.05, 4.69) is 5.32 Å². The lowest BCUT2D eigenvalue weighted by Crippen LogP contribution is -2.19. The molecule has 6 nitrogen and oxygen atoms in total. The number of imidazole rings is 1. The van der Waals surface area contributed by atoms with Crippen LogP contribution in [0, 0.1) is 11.3 Å². The molecule has 0 aliphatic rings. The molecule has 1 aromatic heterocycles. The predicted molar refractivity (Wildman–Crippen MR) is 114 cm³/mol. The molecule has 1 amide bonds. The molecule has 0 atom stereocenters. The Hall–Kier alpha value is -4.11. The van der Waals surface area contributed by atoms with Gasteiger partial charge >= 0.3 is 5.69 Å². The van der Waals surface area contributed by atoms with Gasteiger partial charge in [0, 0.05) is 25.2 Å². The van der Waals surface area contributed by atoms with E-state index >= 15 is 0 Å². The third-order valence-electron chi connectivity index (χ3n) is 5.01. The molecule has 6 heteroatoms. The number of anilines is 1. The van der Waals surface area contributed by atoms with Crippen LogP contribution in [0.4, 0.5) is 5.69 Å². The first kappa shape index (κ1) is 18.3. The van der Waals surface area contributed by atoms with Gasteiger partial charge in [-0.2, -0.15) is 5.26 Å². The smallest absolute Gasteiger partial charge is 0.321 e. The average Bonchev–Trinajstić information content (AvgIpc) is 2.96. The molecule has 0 unspecified atom stereocenters. The van der Waals surface area contributed by atoms with E-state index in [0.29, 0.717) is 11.3 Å². The summed E-state index contributed by atoms with van der Waals surface area (Å²) in [6.45, 7) is 0. The van der Waals surface area contributed by atoms with Crippen molar-refractivity contribution in [2.75, 3.05) is 5.32 Å². The number of benzene rings is 3. The van der Waals surface area contributed by atoms with E-state index in [0.717, 1.165) is 21.8 Å². The van der Waals surface area contributed by atoms with E-state index in [4.69, 9.17) is 0 Å². The van der Waals surface area contributed by atoms with E-state index < -0.39 is 5.91 Å². The summed E-state index contributed by atoms with van der Waals surface area (Å²) < 4.78 is 3.09. The summed E-state index contributed by atoms with van der Waals surface area (Å²) in [5, 5.41) is 14.3. The molecule has 0 fully saturated rings. The number of hydrogen-bond acceptors (Lipinski definition) is 3. The Morgan fingerprint density at radius 2 is 1.72 bits per heavy atom. The van der Waals surface area contributed by atoms with Gasteiger partial charge in [-0.05, 0) is 35.2 Å². The number of aryl methyl sites for hydroxylation is 2. The standard InChI is InChI=1S/C23H18N4O2/c1-26-20-11-10-15(13-21(20)27(2)23(26)29)12-17(14-24)22(28)25-19-9-5-7-16-6-3-4-8-18(16)19/h3-13H,1-2H3,(H,25,28)/b17-12+. The number of carbonyl (C=O) groups excluding carboxylic acids is 1. The number of carbonyl (C=O) groups is 1. The molecule has 4 aromatic rings. The largest absolute Gasteiger partial charge is 0.328 e. The molecular weight excluding hydrogens is 364 g/mol. The second-order valence-corrected chi connectivity index (χ2v) is 6.80. The number of nitrogens with one attached hydrogen (secondary N) is 1. The molecule has 142 valence electrons. The summed E-state index contributed by atoms with van der Waals surface area (Å²) in [4.78, 5) is 24.8. The number of nitrogens with zero attached hydrogens (tertiary/aromatic N) is 3. The van der Waals surface area contributed by atoms with E-state index in [1.165, 1.54) is 10.6 Å². The fraction of sp³-hybridized carbons (Fsp3) is 0.0870. The number of hydrogen-bond donors (Lipinski definition) is 1. The Kier molecular flexibility index (Phi) is 4.49. The van der Waals surface area contributed by atoms with Crippen molar-refractivity contribution < 1.29 is 4.79 Å². The van der Waals surface area contributed by atoms with Gasteiger partial charge in [0.05, 0.1) is 11.0 Å². The van der Waals surface area contributed by atoms with Crippen molar-refractivity contribution >= 4 is 39.5 Å².